The molecule has 34 heavy (non-hydrogen) atoms. The van der Waals surface area contributed by atoms with Crippen molar-refractivity contribution < 1.29 is 9.52 Å². The Morgan fingerprint density at radius 3 is 2.59 bits per heavy atom. The summed E-state index contributed by atoms with van der Waals surface area (Å²) in [6.45, 7) is 10.4. The van der Waals surface area contributed by atoms with Gasteiger partial charge in [-0.3, -0.25) is 9.69 Å². The Balaban J connectivity index is 1.74. The van der Waals surface area contributed by atoms with E-state index in [9.17, 15) is 9.90 Å². The molecule has 5 rings (SSSR count). The van der Waals surface area contributed by atoms with E-state index in [0.717, 1.165) is 42.0 Å². The Morgan fingerprint density at radius 1 is 1.18 bits per heavy atom. The van der Waals surface area contributed by atoms with Crippen LogP contribution >= 0.6 is 11.3 Å². The number of piperazine rings is 1. The maximum atomic E-state index is 14.0. The quantitative estimate of drug-likeness (QED) is 0.426. The summed E-state index contributed by atoms with van der Waals surface area (Å²) in [6, 6.07) is 9.74. The summed E-state index contributed by atoms with van der Waals surface area (Å²) in [7, 11) is 2.12. The number of rotatable bonds is 5. The molecule has 0 saturated carbocycles. The second kappa shape index (κ2) is 9.13. The summed E-state index contributed by atoms with van der Waals surface area (Å²) in [5.74, 6) is 0.864. The van der Waals surface area contributed by atoms with Crippen LogP contribution in [0.1, 0.15) is 43.6 Å². The fourth-order valence-electron chi connectivity index (χ4n) is 4.70. The molecule has 7 heteroatoms. The van der Waals surface area contributed by atoms with Gasteiger partial charge in [0, 0.05) is 38.6 Å². The summed E-state index contributed by atoms with van der Waals surface area (Å²) < 4.78 is 7.57. The van der Waals surface area contributed by atoms with Gasteiger partial charge in [0.1, 0.15) is 22.1 Å². The van der Waals surface area contributed by atoms with Crippen LogP contribution in [-0.4, -0.2) is 53.1 Å². The lowest BCUT2D eigenvalue weighted by Gasteiger charge is -2.32. The molecule has 0 radical (unpaired) electrons. The van der Waals surface area contributed by atoms with Crippen LogP contribution in [-0.2, 0) is 13.0 Å². The van der Waals surface area contributed by atoms with E-state index in [1.807, 2.05) is 51.1 Å². The number of hydrogen-bond acceptors (Lipinski definition) is 7. The minimum absolute atomic E-state index is 0.0106. The van der Waals surface area contributed by atoms with Crippen molar-refractivity contribution in [1.29, 1.82) is 0 Å². The highest BCUT2D eigenvalue weighted by Crippen LogP contribution is 2.38. The molecule has 1 aliphatic heterocycles. The van der Waals surface area contributed by atoms with E-state index in [1.54, 1.807) is 0 Å². The third-order valence-electron chi connectivity index (χ3n) is 6.75. The van der Waals surface area contributed by atoms with Gasteiger partial charge in [0.15, 0.2) is 0 Å². The van der Waals surface area contributed by atoms with Crippen molar-refractivity contribution >= 4 is 32.5 Å². The first-order valence-electron chi connectivity index (χ1n) is 12.0. The molecular formula is C27H31N3O3S. The molecule has 0 amide bonds. The van der Waals surface area contributed by atoms with Crippen LogP contribution in [0.5, 0.6) is 5.75 Å². The summed E-state index contributed by atoms with van der Waals surface area (Å²) >= 11 is 1.52. The van der Waals surface area contributed by atoms with E-state index in [-0.39, 0.29) is 17.1 Å². The molecule has 0 bridgehead atoms. The maximum Gasteiger partial charge on any atom is 0.203 e. The van der Waals surface area contributed by atoms with Crippen molar-refractivity contribution in [1.82, 2.24) is 14.8 Å². The second-order valence-electron chi connectivity index (χ2n) is 9.48. The van der Waals surface area contributed by atoms with Gasteiger partial charge in [0.05, 0.1) is 26.7 Å². The van der Waals surface area contributed by atoms with Crippen LogP contribution in [0, 0.1) is 0 Å². The van der Waals surface area contributed by atoms with Gasteiger partial charge in [-0.2, -0.15) is 0 Å². The molecule has 1 N–H and O–H groups in total. The molecule has 178 valence electrons. The van der Waals surface area contributed by atoms with Crippen molar-refractivity contribution in [2.45, 2.75) is 39.7 Å². The number of nitrogens with zero attached hydrogens (tertiary/aromatic N) is 3. The normalized spacial score (nSPS) is 15.7. The smallest absolute Gasteiger partial charge is 0.203 e. The van der Waals surface area contributed by atoms with Gasteiger partial charge in [-0.1, -0.05) is 32.9 Å². The molecular weight excluding hydrogens is 446 g/mol. The molecule has 1 saturated heterocycles. The zero-order valence-corrected chi connectivity index (χ0v) is 21.0. The number of aromatic nitrogens is 1. The first kappa shape index (κ1) is 23.0. The van der Waals surface area contributed by atoms with Crippen LogP contribution in [0.25, 0.3) is 31.8 Å². The van der Waals surface area contributed by atoms with Gasteiger partial charge >= 0.3 is 0 Å². The summed E-state index contributed by atoms with van der Waals surface area (Å²) in [6.07, 6.45) is 0.638. The molecule has 6 nitrogen and oxygen atoms in total. The van der Waals surface area contributed by atoms with Crippen LogP contribution in [0.15, 0.2) is 39.5 Å². The lowest BCUT2D eigenvalue weighted by Crippen LogP contribution is -2.43. The van der Waals surface area contributed by atoms with Crippen molar-refractivity contribution in [3.8, 4) is 16.3 Å². The van der Waals surface area contributed by atoms with Crippen LogP contribution in [0.4, 0.5) is 0 Å². The molecule has 2 aromatic carbocycles. The van der Waals surface area contributed by atoms with E-state index in [1.165, 1.54) is 11.3 Å². The summed E-state index contributed by atoms with van der Waals surface area (Å²) in [4.78, 5) is 23.4. The highest BCUT2D eigenvalue weighted by atomic mass is 32.1. The van der Waals surface area contributed by atoms with Gasteiger partial charge in [-0.15, -0.1) is 11.3 Å². The molecule has 1 aliphatic rings. The first-order valence-corrected chi connectivity index (χ1v) is 12.8. The molecule has 0 aliphatic carbocycles. The number of thiazole rings is 1. The van der Waals surface area contributed by atoms with E-state index in [0.29, 0.717) is 45.8 Å². The predicted octanol–water partition coefficient (Wildman–Crippen LogP) is 5.21. The molecule has 2 aromatic heterocycles. The van der Waals surface area contributed by atoms with Gasteiger partial charge < -0.3 is 14.4 Å². The molecule has 4 aromatic rings. The average Bonchev–Trinajstić information content (AvgIpc) is 3.25. The van der Waals surface area contributed by atoms with Crippen molar-refractivity contribution in [2.24, 2.45) is 0 Å². The first-order chi connectivity index (χ1) is 16.4. The fourth-order valence-corrected chi connectivity index (χ4v) is 5.71. The lowest BCUT2D eigenvalue weighted by molar-refractivity contribution is 0.147. The summed E-state index contributed by atoms with van der Waals surface area (Å²) in [5.41, 5.74) is 3.35. The van der Waals surface area contributed by atoms with E-state index in [4.69, 9.17) is 9.40 Å². The number of phenols is 1. The number of hydrogen-bond donors (Lipinski definition) is 1. The molecule has 0 atom stereocenters. The lowest BCUT2D eigenvalue weighted by atomic mass is 9.98. The number of phenolic OH excluding ortho intramolecular Hbond substituents is 1. The third kappa shape index (κ3) is 4.02. The number of aryl methyl sites for hydroxylation is 1. The van der Waals surface area contributed by atoms with Crippen molar-refractivity contribution in [2.75, 3.05) is 33.2 Å². The highest BCUT2D eigenvalue weighted by molar-refractivity contribution is 7.21. The largest absolute Gasteiger partial charge is 0.507 e. The standard InChI is InChI=1S/C27H31N3O3S/c1-5-17-14-18-24(32)22(27-28-20-8-6-7-9-21(20)34-27)25(16(2)3)33-26(18)19(23(17)31)15-30-12-10-29(4)11-13-30/h6-9,14,16,31H,5,10-13,15H2,1-4H3. The van der Waals surface area contributed by atoms with E-state index < -0.39 is 0 Å². The second-order valence-corrected chi connectivity index (χ2v) is 10.5. The zero-order chi connectivity index (χ0) is 24.0. The van der Waals surface area contributed by atoms with Crippen molar-refractivity contribution in [3.05, 3.63) is 57.4 Å². The predicted molar refractivity (Wildman–Crippen MR) is 139 cm³/mol. The number of aromatic hydroxyl groups is 1. The maximum absolute atomic E-state index is 14.0. The SMILES string of the molecule is CCc1cc2c(=O)c(-c3nc4ccccc4s3)c(C(C)C)oc2c(CN2CCN(C)CC2)c1O. The molecule has 0 unspecified atom stereocenters. The van der Waals surface area contributed by atoms with Gasteiger partial charge in [-0.25, -0.2) is 4.98 Å². The van der Waals surface area contributed by atoms with Crippen LogP contribution in [0.3, 0.4) is 0 Å². The third-order valence-corrected chi connectivity index (χ3v) is 7.80. The molecule has 3 heterocycles. The Bertz CT molecular complexity index is 1380. The minimum Gasteiger partial charge on any atom is -0.507 e. The average molecular weight is 478 g/mol. The zero-order valence-electron chi connectivity index (χ0n) is 20.2. The minimum atomic E-state index is -0.0710. The van der Waals surface area contributed by atoms with Gasteiger partial charge in [0.2, 0.25) is 5.43 Å². The highest BCUT2D eigenvalue weighted by Gasteiger charge is 2.26. The van der Waals surface area contributed by atoms with Crippen LogP contribution < -0.4 is 5.43 Å². The fraction of sp³-hybridized carbons (Fsp3) is 0.407. The topological polar surface area (TPSA) is 69.8 Å². The summed E-state index contributed by atoms with van der Waals surface area (Å²) in [5, 5.41) is 12.4. The Labute approximate surface area is 203 Å². The van der Waals surface area contributed by atoms with Crippen molar-refractivity contribution in [3.63, 3.8) is 0 Å². The Morgan fingerprint density at radius 2 is 1.91 bits per heavy atom. The molecule has 0 spiro atoms. The number of likely N-dealkylation sites (N-methyl/N-ethyl adjacent to an activating group) is 1. The number of benzene rings is 2. The number of para-hydroxylation sites is 1. The monoisotopic (exact) mass is 477 g/mol. The van der Waals surface area contributed by atoms with Gasteiger partial charge in [0.25, 0.3) is 0 Å². The van der Waals surface area contributed by atoms with Crippen LogP contribution in [0.2, 0.25) is 0 Å². The van der Waals surface area contributed by atoms with E-state index >= 15 is 0 Å². The van der Waals surface area contributed by atoms with E-state index in [2.05, 4.69) is 16.8 Å². The Kier molecular flexibility index (Phi) is 6.18. The Hall–Kier alpha value is -2.74. The van der Waals surface area contributed by atoms with Gasteiger partial charge in [-0.05, 0) is 37.2 Å². The number of fused-ring (bicyclic) bond motifs is 2. The molecule has 1 fully saturated rings.